The first kappa shape index (κ1) is 69.2. The lowest BCUT2D eigenvalue weighted by molar-refractivity contribution is -0.286. The molecule has 1 unspecified atom stereocenters. The Morgan fingerprint density at radius 1 is 0.493 bits per heavy atom. The minimum Gasteiger partial charge on any atom is -0.481 e. The Balaban J connectivity index is 3.21. The van der Waals surface area contributed by atoms with E-state index in [0.717, 1.165) is 83.5 Å². The minimum atomic E-state index is -1.77. The molecule has 1 heterocycles. The maximum Gasteiger partial charge on any atom is 0.328 e. The van der Waals surface area contributed by atoms with Crippen LogP contribution in [0.4, 0.5) is 0 Å². The Kier molecular flexibility index (Phi) is 42.7. The molecule has 436 valence electrons. The van der Waals surface area contributed by atoms with E-state index < -0.39 is 110 Å². The summed E-state index contributed by atoms with van der Waals surface area (Å²) in [6, 6.07) is -2.82. The van der Waals surface area contributed by atoms with Gasteiger partial charge in [0.15, 0.2) is 12.4 Å². The summed E-state index contributed by atoms with van der Waals surface area (Å²) in [7, 11) is 0. The fourth-order valence-electron chi connectivity index (χ4n) is 9.56. The zero-order valence-electron chi connectivity index (χ0n) is 46.8. The number of hydrogen-bond donors (Lipinski definition) is 6. The third-order valence-corrected chi connectivity index (χ3v) is 14.1. The number of ether oxygens (including phenoxy) is 4. The van der Waals surface area contributed by atoms with Crippen molar-refractivity contribution >= 4 is 41.7 Å². The molecule has 1 fully saturated rings. The molecule has 6 atom stereocenters. The van der Waals surface area contributed by atoms with Crippen molar-refractivity contribution in [2.45, 2.75) is 320 Å². The molecular formula is C58H104N2O15. The van der Waals surface area contributed by atoms with Crippen LogP contribution in [0.25, 0.3) is 0 Å². The molecule has 0 saturated carbocycles. The quantitative estimate of drug-likeness (QED) is 0.0244. The molecule has 75 heavy (non-hydrogen) atoms. The van der Waals surface area contributed by atoms with Crippen molar-refractivity contribution in [3.8, 4) is 0 Å². The predicted molar refractivity (Wildman–Crippen MR) is 289 cm³/mol. The summed E-state index contributed by atoms with van der Waals surface area (Å²) in [5, 5.41) is 46.1. The van der Waals surface area contributed by atoms with Gasteiger partial charge in [0.1, 0.15) is 30.9 Å². The van der Waals surface area contributed by atoms with Crippen LogP contribution >= 0.6 is 0 Å². The van der Waals surface area contributed by atoms with Gasteiger partial charge in [-0.25, -0.2) is 4.79 Å². The van der Waals surface area contributed by atoms with Gasteiger partial charge in [0.25, 0.3) is 0 Å². The number of rotatable bonds is 51. The highest BCUT2D eigenvalue weighted by molar-refractivity contribution is 5.85. The predicted octanol–water partition coefficient (Wildman–Crippen LogP) is 11.8. The van der Waals surface area contributed by atoms with Crippen molar-refractivity contribution < 1.29 is 72.9 Å². The van der Waals surface area contributed by atoms with Gasteiger partial charge in [-0.15, -0.1) is 0 Å². The molecule has 1 saturated heterocycles. The van der Waals surface area contributed by atoms with Crippen LogP contribution in [0.1, 0.15) is 278 Å². The van der Waals surface area contributed by atoms with E-state index in [4.69, 9.17) is 18.9 Å². The number of carbonyl (C=O) groups is 7. The number of esters is 2. The lowest BCUT2D eigenvalue weighted by Gasteiger charge is -2.44. The molecule has 2 amide bonds. The normalized spacial score (nSPS) is 17.9. The zero-order valence-corrected chi connectivity index (χ0v) is 46.8. The fraction of sp³-hybridized carbons (Fsp3) is 0.879. The van der Waals surface area contributed by atoms with Gasteiger partial charge in [0, 0.05) is 25.7 Å². The lowest BCUT2D eigenvalue weighted by atomic mass is 9.95. The zero-order chi connectivity index (χ0) is 55.3. The Hall–Kier alpha value is -3.83. The number of unbranched alkanes of at least 4 members (excludes halogenated alkanes) is 30. The van der Waals surface area contributed by atoms with Crippen molar-refractivity contribution in [1.29, 1.82) is 0 Å². The summed E-state index contributed by atoms with van der Waals surface area (Å²) >= 11 is 0. The smallest absolute Gasteiger partial charge is 0.328 e. The molecule has 0 aromatic heterocycles. The summed E-state index contributed by atoms with van der Waals surface area (Å²) in [4.78, 5) is 89.3. The summed E-state index contributed by atoms with van der Waals surface area (Å²) in [6.07, 6.45) is 25.1. The molecule has 0 radical (unpaired) electrons. The number of amides is 2. The van der Waals surface area contributed by atoms with Gasteiger partial charge >= 0.3 is 29.8 Å². The average molecular weight is 1070 g/mol. The van der Waals surface area contributed by atoms with Crippen molar-refractivity contribution in [2.24, 2.45) is 0 Å². The van der Waals surface area contributed by atoms with E-state index in [1.807, 2.05) is 0 Å². The van der Waals surface area contributed by atoms with E-state index in [1.54, 1.807) is 0 Å². The second-order valence-electron chi connectivity index (χ2n) is 21.1. The van der Waals surface area contributed by atoms with Gasteiger partial charge in [0.05, 0.1) is 18.9 Å². The van der Waals surface area contributed by atoms with Gasteiger partial charge < -0.3 is 50.0 Å². The number of aliphatic hydroxyl groups is 1. The third-order valence-electron chi connectivity index (χ3n) is 14.1. The van der Waals surface area contributed by atoms with Crippen LogP contribution in [0.15, 0.2) is 0 Å². The molecule has 0 aromatic carbocycles. The summed E-state index contributed by atoms with van der Waals surface area (Å²) in [5.74, 6) is -6.63. The molecule has 0 spiro atoms. The third kappa shape index (κ3) is 37.6. The first-order chi connectivity index (χ1) is 36.2. The Labute approximate surface area is 450 Å². The second kappa shape index (κ2) is 46.3. The van der Waals surface area contributed by atoms with Gasteiger partial charge in [-0.1, -0.05) is 213 Å². The Morgan fingerprint density at radius 2 is 0.880 bits per heavy atom. The molecule has 6 N–H and O–H groups in total. The summed E-state index contributed by atoms with van der Waals surface area (Å²) in [5.41, 5.74) is 0. The molecule has 17 heteroatoms. The lowest BCUT2D eigenvalue weighted by Crippen LogP contribution is -2.66. The van der Waals surface area contributed by atoms with E-state index in [2.05, 4.69) is 31.4 Å². The first-order valence-corrected chi connectivity index (χ1v) is 29.8. The van der Waals surface area contributed by atoms with Gasteiger partial charge in [0.2, 0.25) is 11.8 Å². The standard InChI is InChI=1S/C58H104N2O15/c1-4-7-10-13-16-19-22-25-28-31-34-37-48(61)59-46(40-41-50(63)64)57(71)72-44-47-55(70)56(75-53(69)39-36-33-30-27-24-21-18-15-12-9-6-3)54(58(74-47)73-45(42-51(65)66)43-52(67)68)60-49(62)38-35-32-29-26-23-20-17-14-11-8-5-2/h45-47,54-56,58,70H,4-44H2,1-3H3,(H,59,61)(H,60,62)(H,63,64)(H,65,66)(H,67,68)/t46?,47-,54-,55-,56-,58-/m1/s1. The molecule has 1 aliphatic rings. The summed E-state index contributed by atoms with van der Waals surface area (Å²) < 4.78 is 23.6. The van der Waals surface area contributed by atoms with E-state index in [9.17, 15) is 54.0 Å². The minimum absolute atomic E-state index is 0.0174. The van der Waals surface area contributed by atoms with E-state index >= 15 is 0 Å². The fourth-order valence-corrected chi connectivity index (χ4v) is 9.56. The van der Waals surface area contributed by atoms with Crippen LogP contribution in [-0.2, 0) is 52.5 Å². The monoisotopic (exact) mass is 1070 g/mol. The maximum absolute atomic E-state index is 13.6. The highest BCUT2D eigenvalue weighted by Gasteiger charge is 2.50. The molecule has 1 aliphatic heterocycles. The van der Waals surface area contributed by atoms with Gasteiger partial charge in [-0.2, -0.15) is 0 Å². The highest BCUT2D eigenvalue weighted by atomic mass is 16.7. The van der Waals surface area contributed by atoms with Crippen LogP contribution in [0, 0.1) is 0 Å². The van der Waals surface area contributed by atoms with Crippen LogP contribution < -0.4 is 10.6 Å². The largest absolute Gasteiger partial charge is 0.481 e. The van der Waals surface area contributed by atoms with Crippen LogP contribution in [0.3, 0.4) is 0 Å². The first-order valence-electron chi connectivity index (χ1n) is 29.8. The number of nitrogens with one attached hydrogen (secondary N) is 2. The molecular weight excluding hydrogens is 965 g/mol. The maximum atomic E-state index is 13.6. The van der Waals surface area contributed by atoms with Crippen LogP contribution in [0.5, 0.6) is 0 Å². The van der Waals surface area contributed by atoms with E-state index in [1.165, 1.54) is 109 Å². The van der Waals surface area contributed by atoms with E-state index in [0.29, 0.717) is 19.3 Å². The molecule has 0 aliphatic carbocycles. The van der Waals surface area contributed by atoms with Crippen LogP contribution in [0.2, 0.25) is 0 Å². The van der Waals surface area contributed by atoms with Crippen LogP contribution in [-0.4, -0.2) is 111 Å². The average Bonchev–Trinajstić information content (AvgIpc) is 3.36. The SMILES string of the molecule is CCCCCCCCCCCCCC(=O)NC(CCC(=O)O)C(=O)OC[C@H]1O[C@@H](OC(CC(=O)O)CC(=O)O)[C@H](NC(=O)CCCCCCCCCCCCC)[C@@H](OC(=O)CCCCCCCCCCCCC)[C@@H]1O. The van der Waals surface area contributed by atoms with Crippen molar-refractivity contribution in [1.82, 2.24) is 10.6 Å². The van der Waals surface area contributed by atoms with Crippen molar-refractivity contribution in [2.75, 3.05) is 6.61 Å². The topological polar surface area (TPSA) is 261 Å². The van der Waals surface area contributed by atoms with E-state index in [-0.39, 0.29) is 25.7 Å². The molecule has 1 rings (SSSR count). The summed E-state index contributed by atoms with van der Waals surface area (Å²) in [6.45, 7) is 5.85. The Morgan fingerprint density at radius 3 is 1.28 bits per heavy atom. The van der Waals surface area contributed by atoms with Gasteiger partial charge in [-0.05, 0) is 25.7 Å². The Bertz CT molecular complexity index is 1510. The van der Waals surface area contributed by atoms with Gasteiger partial charge in [-0.3, -0.25) is 28.8 Å². The number of hydrogen-bond acceptors (Lipinski definition) is 12. The molecule has 0 bridgehead atoms. The molecule has 17 nitrogen and oxygen atoms in total. The number of aliphatic hydroxyl groups excluding tert-OH is 1. The molecule has 0 aromatic rings. The number of aliphatic carboxylic acids is 3. The second-order valence-corrected chi connectivity index (χ2v) is 21.1. The number of carboxylic acid groups (broad SMARTS) is 3. The highest BCUT2D eigenvalue weighted by Crippen LogP contribution is 2.29. The van der Waals surface area contributed by atoms with Crippen molar-refractivity contribution in [3.63, 3.8) is 0 Å². The van der Waals surface area contributed by atoms with Crippen molar-refractivity contribution in [3.05, 3.63) is 0 Å². The number of carbonyl (C=O) groups excluding carboxylic acids is 4. The number of carboxylic acids is 3.